The Morgan fingerprint density at radius 1 is 0.681 bits per heavy atom. The zero-order valence-corrected chi connectivity index (χ0v) is 27.0. The first-order valence-corrected chi connectivity index (χ1v) is 16.6. The second-order valence-electron chi connectivity index (χ2n) is 12.3. The van der Waals surface area contributed by atoms with Crippen LogP contribution in [0.2, 0.25) is 0 Å². The Labute approximate surface area is 276 Å². The molecule has 6 rings (SSSR count). The van der Waals surface area contributed by atoms with Gasteiger partial charge in [-0.25, -0.2) is 8.78 Å². The summed E-state index contributed by atoms with van der Waals surface area (Å²) in [6.45, 7) is 6.66. The van der Waals surface area contributed by atoms with Gasteiger partial charge in [-0.05, 0) is 42.2 Å². The average molecular weight is 643 g/mol. The second kappa shape index (κ2) is 16.4. The van der Waals surface area contributed by atoms with Crippen LogP contribution in [0.3, 0.4) is 0 Å². The Kier molecular flexibility index (Phi) is 11.6. The first-order chi connectivity index (χ1) is 23.0. The number of anilines is 1. The topological polar surface area (TPSA) is 43.4 Å². The summed E-state index contributed by atoms with van der Waals surface area (Å²) >= 11 is 0. The molecule has 0 unspecified atom stereocenters. The summed E-state index contributed by atoms with van der Waals surface area (Å²) in [5.74, 6) is -1.04. The van der Waals surface area contributed by atoms with Gasteiger partial charge in [-0.15, -0.1) is 0 Å². The van der Waals surface area contributed by atoms with Crippen LogP contribution in [0, 0.1) is 11.6 Å². The lowest BCUT2D eigenvalue weighted by Gasteiger charge is -2.47. The average Bonchev–Trinajstić information content (AvgIpc) is 3.11. The molecule has 0 radical (unpaired) electrons. The molecule has 2 aliphatic heterocycles. The number of hydrogen-bond acceptors (Lipinski definition) is 6. The van der Waals surface area contributed by atoms with Crippen molar-refractivity contribution in [3.05, 3.63) is 137 Å². The number of benzene rings is 4. The van der Waals surface area contributed by atoms with Gasteiger partial charge in [0.25, 0.3) is 0 Å². The lowest BCUT2D eigenvalue weighted by molar-refractivity contribution is -0.200. The van der Waals surface area contributed by atoms with Gasteiger partial charge in [0.1, 0.15) is 23.8 Å². The normalized spacial score (nSPS) is 22.0. The van der Waals surface area contributed by atoms with E-state index < -0.39 is 11.6 Å². The van der Waals surface area contributed by atoms with E-state index in [9.17, 15) is 0 Å². The highest BCUT2D eigenvalue weighted by molar-refractivity contribution is 5.49. The third-order valence-corrected chi connectivity index (χ3v) is 9.18. The number of halogens is 2. The van der Waals surface area contributed by atoms with Crippen LogP contribution in [-0.2, 0) is 45.2 Å². The number of hydrogen-bond donors (Lipinski definition) is 0. The molecule has 0 N–H and O–H groups in total. The molecule has 0 amide bonds. The van der Waals surface area contributed by atoms with Gasteiger partial charge in [-0.2, -0.15) is 0 Å². The molecular formula is C39H44F2N2O4. The predicted octanol–water partition coefficient (Wildman–Crippen LogP) is 6.80. The van der Waals surface area contributed by atoms with Crippen molar-refractivity contribution in [3.63, 3.8) is 0 Å². The highest BCUT2D eigenvalue weighted by Gasteiger charge is 2.44. The van der Waals surface area contributed by atoms with Gasteiger partial charge < -0.3 is 23.8 Å². The van der Waals surface area contributed by atoms with E-state index in [4.69, 9.17) is 18.9 Å². The number of morpholine rings is 1. The summed E-state index contributed by atoms with van der Waals surface area (Å²) in [4.78, 5) is 4.19. The summed E-state index contributed by atoms with van der Waals surface area (Å²) in [7, 11) is 0. The van der Waals surface area contributed by atoms with Gasteiger partial charge in [0.2, 0.25) is 0 Å². The fourth-order valence-corrected chi connectivity index (χ4v) is 6.47. The van der Waals surface area contributed by atoms with Gasteiger partial charge >= 0.3 is 0 Å². The fourth-order valence-electron chi connectivity index (χ4n) is 6.47. The number of rotatable bonds is 13. The predicted molar refractivity (Wildman–Crippen MR) is 179 cm³/mol. The standard InChI is InChI=1S/C39H44F2N2O4/c1-29-38(46-27-31-13-7-3-8-14-31)39(47-28-32-15-9-4-10-16-32)37(45-26-30-11-5-2-6-12-30)25-43(29)18-17-34-35(40)23-33(24-36(34)41)42-19-21-44-22-20-42/h2-16,23-24,29,37-39H,17-22,25-28H2,1H3/t29-,37+,38-,39-/m1/s1. The van der Waals surface area contributed by atoms with E-state index in [0.29, 0.717) is 64.9 Å². The maximum absolute atomic E-state index is 15.4. The Morgan fingerprint density at radius 3 is 1.70 bits per heavy atom. The van der Waals surface area contributed by atoms with Crippen LogP contribution in [0.5, 0.6) is 0 Å². The van der Waals surface area contributed by atoms with Crippen molar-refractivity contribution in [1.82, 2.24) is 4.90 Å². The van der Waals surface area contributed by atoms with E-state index in [1.54, 1.807) is 0 Å². The minimum Gasteiger partial charge on any atom is -0.378 e. The fraction of sp³-hybridized carbons (Fsp3) is 0.385. The highest BCUT2D eigenvalue weighted by Crippen LogP contribution is 2.30. The van der Waals surface area contributed by atoms with Crippen molar-refractivity contribution in [2.24, 2.45) is 0 Å². The molecule has 0 spiro atoms. The minimum atomic E-state index is -0.519. The summed E-state index contributed by atoms with van der Waals surface area (Å²) < 4.78 is 56.2. The Hall–Kier alpha value is -3.66. The molecule has 8 heteroatoms. The van der Waals surface area contributed by atoms with Gasteiger partial charge in [0.15, 0.2) is 0 Å². The Bertz CT molecular complexity index is 1500. The maximum atomic E-state index is 15.4. The molecule has 4 atom stereocenters. The molecule has 2 saturated heterocycles. The summed E-state index contributed by atoms with van der Waals surface area (Å²) in [6, 6.07) is 33.0. The molecule has 0 bridgehead atoms. The Balaban J connectivity index is 1.22. The van der Waals surface area contributed by atoms with E-state index >= 15 is 8.78 Å². The van der Waals surface area contributed by atoms with E-state index in [2.05, 4.69) is 11.8 Å². The molecule has 6 nitrogen and oxygen atoms in total. The maximum Gasteiger partial charge on any atom is 0.131 e. The van der Waals surface area contributed by atoms with Gasteiger partial charge in [0, 0.05) is 43.5 Å². The van der Waals surface area contributed by atoms with Crippen LogP contribution >= 0.6 is 0 Å². The number of likely N-dealkylation sites (tertiary alicyclic amines) is 1. The van der Waals surface area contributed by atoms with Crippen LogP contribution in [0.4, 0.5) is 14.5 Å². The molecule has 47 heavy (non-hydrogen) atoms. The van der Waals surface area contributed by atoms with Crippen LogP contribution in [0.25, 0.3) is 0 Å². The number of piperidine rings is 1. The second-order valence-corrected chi connectivity index (χ2v) is 12.3. The first-order valence-electron chi connectivity index (χ1n) is 16.6. The van der Waals surface area contributed by atoms with Crippen molar-refractivity contribution < 1.29 is 27.7 Å². The molecule has 4 aromatic carbocycles. The summed E-state index contributed by atoms with van der Waals surface area (Å²) in [5, 5.41) is 0. The molecule has 248 valence electrons. The zero-order valence-electron chi connectivity index (χ0n) is 27.0. The van der Waals surface area contributed by atoms with Crippen molar-refractivity contribution in [2.75, 3.05) is 44.3 Å². The number of nitrogens with zero attached hydrogens (tertiary/aromatic N) is 2. The van der Waals surface area contributed by atoms with Crippen molar-refractivity contribution >= 4 is 5.69 Å². The van der Waals surface area contributed by atoms with Gasteiger partial charge in [-0.3, -0.25) is 4.90 Å². The summed E-state index contributed by atoms with van der Waals surface area (Å²) in [6.07, 6.45) is -0.839. The van der Waals surface area contributed by atoms with Crippen molar-refractivity contribution in [3.8, 4) is 0 Å². The lowest BCUT2D eigenvalue weighted by atomic mass is 9.93. The Morgan fingerprint density at radius 2 is 1.17 bits per heavy atom. The van der Waals surface area contributed by atoms with E-state index in [1.165, 1.54) is 12.1 Å². The third-order valence-electron chi connectivity index (χ3n) is 9.18. The quantitative estimate of drug-likeness (QED) is 0.160. The molecule has 0 aliphatic carbocycles. The number of ether oxygens (including phenoxy) is 4. The molecule has 4 aromatic rings. The van der Waals surface area contributed by atoms with Crippen LogP contribution < -0.4 is 4.90 Å². The SMILES string of the molecule is C[C@@H]1[C@@H](OCc2ccccc2)[C@H](OCc2ccccc2)[C@@H](OCc2ccccc2)CN1CCc1c(F)cc(N2CCOCC2)cc1F. The highest BCUT2D eigenvalue weighted by atomic mass is 19.1. The van der Waals surface area contributed by atoms with E-state index in [1.807, 2.05) is 95.9 Å². The van der Waals surface area contributed by atoms with Crippen LogP contribution in [0.15, 0.2) is 103 Å². The molecular weight excluding hydrogens is 598 g/mol. The van der Waals surface area contributed by atoms with Crippen molar-refractivity contribution in [1.29, 1.82) is 0 Å². The molecule has 2 aliphatic rings. The zero-order chi connectivity index (χ0) is 32.4. The minimum absolute atomic E-state index is 0.0974. The molecule has 0 saturated carbocycles. The van der Waals surface area contributed by atoms with Crippen LogP contribution in [-0.4, -0.2) is 68.6 Å². The molecule has 2 fully saturated rings. The third kappa shape index (κ3) is 8.83. The van der Waals surface area contributed by atoms with Gasteiger partial charge in [-0.1, -0.05) is 91.0 Å². The first kappa shape index (κ1) is 33.2. The smallest absolute Gasteiger partial charge is 0.131 e. The molecule has 2 heterocycles. The van der Waals surface area contributed by atoms with Gasteiger partial charge in [0.05, 0.1) is 39.1 Å². The van der Waals surface area contributed by atoms with Crippen LogP contribution in [0.1, 0.15) is 29.2 Å². The van der Waals surface area contributed by atoms with Crippen molar-refractivity contribution in [2.45, 2.75) is 57.5 Å². The monoisotopic (exact) mass is 642 g/mol. The largest absolute Gasteiger partial charge is 0.378 e. The van der Waals surface area contributed by atoms with E-state index in [0.717, 1.165) is 16.7 Å². The molecule has 0 aromatic heterocycles. The van der Waals surface area contributed by atoms with E-state index in [-0.39, 0.29) is 36.3 Å². The lowest BCUT2D eigenvalue weighted by Crippen LogP contribution is -2.62. The summed E-state index contributed by atoms with van der Waals surface area (Å²) in [5.41, 5.74) is 3.84.